The number of nitrogens with zero attached hydrogens (tertiary/aromatic N) is 2. The molecule has 2 N–H and O–H groups in total. The number of rotatable bonds is 5. The quantitative estimate of drug-likeness (QED) is 0.872. The Morgan fingerprint density at radius 2 is 2.10 bits per heavy atom. The molecule has 1 aromatic heterocycles. The van der Waals surface area contributed by atoms with Crippen LogP contribution in [0.25, 0.3) is 0 Å². The lowest BCUT2D eigenvalue weighted by Gasteiger charge is -2.27. The van der Waals surface area contributed by atoms with Crippen LogP contribution >= 0.6 is 11.8 Å². The van der Waals surface area contributed by atoms with Crippen molar-refractivity contribution in [2.75, 3.05) is 18.1 Å². The summed E-state index contributed by atoms with van der Waals surface area (Å²) < 4.78 is 0. The van der Waals surface area contributed by atoms with E-state index in [2.05, 4.69) is 26.9 Å². The normalized spacial score (nSPS) is 22.3. The standard InChI is InChI=1S/C14H22N4OS/c1-3-16-13-9-15-8-12(18-13)14(19)17-10-4-6-11(20-2)7-5-10/h8-11H,3-7H2,1-2H3,(H,16,18)(H,17,19). The van der Waals surface area contributed by atoms with Crippen LogP contribution in [0.3, 0.4) is 0 Å². The first kappa shape index (κ1) is 15.1. The highest BCUT2D eigenvalue weighted by atomic mass is 32.2. The van der Waals surface area contributed by atoms with E-state index in [1.54, 1.807) is 6.20 Å². The van der Waals surface area contributed by atoms with Crippen LogP contribution in [0.2, 0.25) is 0 Å². The van der Waals surface area contributed by atoms with E-state index in [0.29, 0.717) is 11.5 Å². The number of hydrogen-bond donors (Lipinski definition) is 2. The van der Waals surface area contributed by atoms with Crippen molar-refractivity contribution in [3.05, 3.63) is 18.1 Å². The second-order valence-corrected chi connectivity index (χ2v) is 6.14. The van der Waals surface area contributed by atoms with Crippen LogP contribution in [0.5, 0.6) is 0 Å². The number of carbonyl (C=O) groups excluding carboxylic acids is 1. The van der Waals surface area contributed by atoms with E-state index in [1.165, 1.54) is 19.0 Å². The van der Waals surface area contributed by atoms with Gasteiger partial charge in [-0.25, -0.2) is 4.98 Å². The smallest absolute Gasteiger partial charge is 0.271 e. The van der Waals surface area contributed by atoms with Crippen LogP contribution in [0.1, 0.15) is 43.1 Å². The van der Waals surface area contributed by atoms with Crippen molar-refractivity contribution in [2.45, 2.75) is 43.9 Å². The molecule has 0 saturated heterocycles. The largest absolute Gasteiger partial charge is 0.369 e. The van der Waals surface area contributed by atoms with Crippen molar-refractivity contribution in [1.29, 1.82) is 0 Å². The maximum atomic E-state index is 12.2. The van der Waals surface area contributed by atoms with Crippen LogP contribution in [-0.4, -0.2) is 40.0 Å². The summed E-state index contributed by atoms with van der Waals surface area (Å²) in [5, 5.41) is 6.88. The van der Waals surface area contributed by atoms with Gasteiger partial charge in [-0.2, -0.15) is 11.8 Å². The lowest BCUT2D eigenvalue weighted by Crippen LogP contribution is -2.38. The molecule has 0 spiro atoms. The molecule has 1 saturated carbocycles. The maximum Gasteiger partial charge on any atom is 0.271 e. The zero-order chi connectivity index (χ0) is 14.4. The van der Waals surface area contributed by atoms with E-state index < -0.39 is 0 Å². The van der Waals surface area contributed by atoms with Gasteiger partial charge in [0.25, 0.3) is 5.91 Å². The summed E-state index contributed by atoms with van der Waals surface area (Å²) in [6.45, 7) is 2.75. The number of carbonyl (C=O) groups is 1. The first-order valence-corrected chi connectivity index (χ1v) is 8.41. The van der Waals surface area contributed by atoms with E-state index >= 15 is 0 Å². The molecule has 20 heavy (non-hydrogen) atoms. The molecule has 1 fully saturated rings. The Labute approximate surface area is 124 Å². The summed E-state index contributed by atoms with van der Waals surface area (Å²) in [6.07, 6.45) is 9.76. The average molecular weight is 294 g/mol. The molecule has 1 amide bonds. The summed E-state index contributed by atoms with van der Waals surface area (Å²) in [4.78, 5) is 20.5. The molecule has 110 valence electrons. The molecule has 0 radical (unpaired) electrons. The molecule has 1 heterocycles. The number of amides is 1. The van der Waals surface area contributed by atoms with E-state index in [1.807, 2.05) is 18.7 Å². The van der Waals surface area contributed by atoms with E-state index in [9.17, 15) is 4.79 Å². The minimum Gasteiger partial charge on any atom is -0.369 e. The van der Waals surface area contributed by atoms with Crippen molar-refractivity contribution in [1.82, 2.24) is 15.3 Å². The Morgan fingerprint density at radius 3 is 2.75 bits per heavy atom. The van der Waals surface area contributed by atoms with Crippen molar-refractivity contribution < 1.29 is 4.79 Å². The second kappa shape index (κ2) is 7.47. The summed E-state index contributed by atoms with van der Waals surface area (Å²) in [5.74, 6) is 0.524. The van der Waals surface area contributed by atoms with Gasteiger partial charge in [-0.1, -0.05) is 0 Å². The molecular formula is C14H22N4OS. The highest BCUT2D eigenvalue weighted by Crippen LogP contribution is 2.26. The Morgan fingerprint density at radius 1 is 1.35 bits per heavy atom. The Bertz CT molecular complexity index is 447. The van der Waals surface area contributed by atoms with E-state index in [4.69, 9.17) is 0 Å². The second-order valence-electron chi connectivity index (χ2n) is 5.00. The third-order valence-corrected chi connectivity index (χ3v) is 4.71. The first-order valence-electron chi connectivity index (χ1n) is 7.12. The maximum absolute atomic E-state index is 12.2. The number of anilines is 1. The van der Waals surface area contributed by atoms with Crippen LogP contribution in [0.15, 0.2) is 12.4 Å². The zero-order valence-corrected chi connectivity index (χ0v) is 12.9. The van der Waals surface area contributed by atoms with Crippen molar-refractivity contribution >= 4 is 23.5 Å². The third kappa shape index (κ3) is 4.10. The average Bonchev–Trinajstić information content (AvgIpc) is 2.48. The number of hydrogen-bond acceptors (Lipinski definition) is 5. The van der Waals surface area contributed by atoms with E-state index in [0.717, 1.165) is 24.6 Å². The molecule has 0 unspecified atom stereocenters. The molecular weight excluding hydrogens is 272 g/mol. The lowest BCUT2D eigenvalue weighted by atomic mass is 9.95. The van der Waals surface area contributed by atoms with Crippen LogP contribution in [0.4, 0.5) is 5.82 Å². The molecule has 6 heteroatoms. The molecule has 0 bridgehead atoms. The minimum absolute atomic E-state index is 0.121. The summed E-state index contributed by atoms with van der Waals surface area (Å²) in [5.41, 5.74) is 0.385. The highest BCUT2D eigenvalue weighted by molar-refractivity contribution is 7.99. The minimum atomic E-state index is -0.121. The van der Waals surface area contributed by atoms with E-state index in [-0.39, 0.29) is 11.9 Å². The fraction of sp³-hybridized carbons (Fsp3) is 0.643. The SMILES string of the molecule is CCNc1cncc(C(=O)NC2CCC(SC)CC2)n1. The van der Waals surface area contributed by atoms with Gasteiger partial charge in [0.15, 0.2) is 0 Å². The van der Waals surface area contributed by atoms with Gasteiger partial charge in [0.1, 0.15) is 11.5 Å². The molecule has 2 rings (SSSR count). The topological polar surface area (TPSA) is 66.9 Å². The first-order chi connectivity index (χ1) is 9.72. The van der Waals surface area contributed by atoms with Gasteiger partial charge in [-0.05, 0) is 38.9 Å². The molecule has 0 aliphatic heterocycles. The predicted molar refractivity (Wildman–Crippen MR) is 83.2 cm³/mol. The van der Waals surface area contributed by atoms with Gasteiger partial charge in [0, 0.05) is 17.8 Å². The van der Waals surface area contributed by atoms with Gasteiger partial charge in [-0.15, -0.1) is 0 Å². The number of aromatic nitrogens is 2. The Hall–Kier alpha value is -1.30. The summed E-state index contributed by atoms with van der Waals surface area (Å²) in [7, 11) is 0. The van der Waals surface area contributed by atoms with Gasteiger partial charge in [-0.3, -0.25) is 9.78 Å². The monoisotopic (exact) mass is 294 g/mol. The predicted octanol–water partition coefficient (Wildman–Crippen LogP) is 2.31. The lowest BCUT2D eigenvalue weighted by molar-refractivity contribution is 0.0923. The van der Waals surface area contributed by atoms with Crippen molar-refractivity contribution in [3.8, 4) is 0 Å². The molecule has 0 atom stereocenters. The molecule has 0 aromatic carbocycles. The Kier molecular flexibility index (Phi) is 5.64. The van der Waals surface area contributed by atoms with Gasteiger partial charge < -0.3 is 10.6 Å². The Balaban J connectivity index is 1.90. The number of nitrogens with one attached hydrogen (secondary N) is 2. The van der Waals surface area contributed by atoms with Gasteiger partial charge in [0.2, 0.25) is 0 Å². The molecule has 5 nitrogen and oxygen atoms in total. The summed E-state index contributed by atoms with van der Waals surface area (Å²) in [6, 6.07) is 0.274. The van der Waals surface area contributed by atoms with Gasteiger partial charge in [0.05, 0.1) is 12.4 Å². The zero-order valence-electron chi connectivity index (χ0n) is 12.1. The summed E-state index contributed by atoms with van der Waals surface area (Å²) >= 11 is 1.93. The van der Waals surface area contributed by atoms with Gasteiger partial charge >= 0.3 is 0 Å². The molecule has 1 aliphatic carbocycles. The molecule has 1 aromatic rings. The highest BCUT2D eigenvalue weighted by Gasteiger charge is 2.22. The van der Waals surface area contributed by atoms with Crippen molar-refractivity contribution in [3.63, 3.8) is 0 Å². The van der Waals surface area contributed by atoms with Crippen LogP contribution < -0.4 is 10.6 Å². The fourth-order valence-corrected chi connectivity index (χ4v) is 3.19. The molecule has 1 aliphatic rings. The fourth-order valence-electron chi connectivity index (χ4n) is 2.44. The van der Waals surface area contributed by atoms with Crippen LogP contribution in [0, 0.1) is 0 Å². The number of thioether (sulfide) groups is 1. The van der Waals surface area contributed by atoms with Crippen molar-refractivity contribution in [2.24, 2.45) is 0 Å². The third-order valence-electron chi connectivity index (χ3n) is 3.57. The van der Waals surface area contributed by atoms with Crippen LogP contribution in [-0.2, 0) is 0 Å².